The minimum absolute atomic E-state index is 0.00901. The molecule has 6 rings (SSSR count). The van der Waals surface area contributed by atoms with Crippen LogP contribution < -0.4 is 15.0 Å². The second-order valence-electron chi connectivity index (χ2n) is 9.26. The molecule has 3 aliphatic rings. The van der Waals surface area contributed by atoms with Crippen molar-refractivity contribution in [1.29, 1.82) is 0 Å². The smallest absolute Gasteiger partial charge is 0.254 e. The van der Waals surface area contributed by atoms with Gasteiger partial charge in [0.25, 0.3) is 5.56 Å². The maximum atomic E-state index is 13.1. The van der Waals surface area contributed by atoms with Gasteiger partial charge < -0.3 is 23.5 Å². The molecule has 1 atom stereocenters. The fourth-order valence-corrected chi connectivity index (χ4v) is 4.92. The molecular formula is C28H29NO5. The van der Waals surface area contributed by atoms with Gasteiger partial charge in [-0.1, -0.05) is 30.3 Å². The van der Waals surface area contributed by atoms with E-state index in [4.69, 9.17) is 18.9 Å². The summed E-state index contributed by atoms with van der Waals surface area (Å²) in [6.07, 6.45) is 2.95. The largest absolute Gasteiger partial charge is 0.490 e. The van der Waals surface area contributed by atoms with Crippen LogP contribution in [-0.2, 0) is 29.0 Å². The third kappa shape index (κ3) is 4.36. The van der Waals surface area contributed by atoms with E-state index < -0.39 is 0 Å². The molecule has 34 heavy (non-hydrogen) atoms. The summed E-state index contributed by atoms with van der Waals surface area (Å²) in [6, 6.07) is 18.1. The first-order valence-electron chi connectivity index (χ1n) is 12.2. The van der Waals surface area contributed by atoms with Crippen LogP contribution in [0.1, 0.15) is 35.4 Å². The zero-order valence-corrected chi connectivity index (χ0v) is 19.2. The van der Waals surface area contributed by atoms with E-state index in [1.165, 1.54) is 5.56 Å². The van der Waals surface area contributed by atoms with Crippen LogP contribution in [0, 0.1) is 0 Å². The molecule has 0 amide bonds. The molecule has 1 aliphatic carbocycles. The number of nitrogens with zero attached hydrogens (tertiary/aromatic N) is 1. The molecule has 0 spiro atoms. The van der Waals surface area contributed by atoms with Crippen molar-refractivity contribution < 1.29 is 18.9 Å². The first-order chi connectivity index (χ1) is 16.8. The number of aromatic nitrogens is 1. The predicted molar refractivity (Wildman–Crippen MR) is 129 cm³/mol. The van der Waals surface area contributed by atoms with E-state index in [0.29, 0.717) is 51.2 Å². The van der Waals surface area contributed by atoms with Gasteiger partial charge in [0.1, 0.15) is 30.8 Å². The van der Waals surface area contributed by atoms with Gasteiger partial charge in [-0.05, 0) is 54.5 Å². The molecule has 0 unspecified atom stereocenters. The Kier molecular flexibility index (Phi) is 5.85. The highest BCUT2D eigenvalue weighted by molar-refractivity contribution is 5.73. The highest BCUT2D eigenvalue weighted by Gasteiger charge is 2.34. The third-order valence-electron chi connectivity index (χ3n) is 6.79. The number of rotatable bonds is 7. The Morgan fingerprint density at radius 2 is 1.88 bits per heavy atom. The van der Waals surface area contributed by atoms with Crippen LogP contribution in [0.3, 0.4) is 0 Å². The van der Waals surface area contributed by atoms with Crippen molar-refractivity contribution in [1.82, 2.24) is 4.57 Å². The van der Waals surface area contributed by atoms with Crippen LogP contribution in [0.4, 0.5) is 0 Å². The van der Waals surface area contributed by atoms with E-state index in [-0.39, 0.29) is 11.7 Å². The minimum Gasteiger partial charge on any atom is -0.490 e. The van der Waals surface area contributed by atoms with Crippen molar-refractivity contribution >= 4 is 0 Å². The normalized spacial score (nSPS) is 19.2. The molecule has 1 aromatic heterocycles. The summed E-state index contributed by atoms with van der Waals surface area (Å²) in [6.45, 7) is 3.33. The number of benzene rings is 2. The summed E-state index contributed by atoms with van der Waals surface area (Å²) in [5.74, 6) is 1.98. The Morgan fingerprint density at radius 1 is 1.00 bits per heavy atom. The SMILES string of the molecule is O=c1cc(OC[C@@H]2COCCO2)c(C2CC2)c2n1CCc1cc(OCc3ccccc3)ccc1-2. The molecule has 0 bridgehead atoms. The number of hydrogen-bond donors (Lipinski definition) is 0. The second kappa shape index (κ2) is 9.28. The maximum Gasteiger partial charge on any atom is 0.254 e. The molecule has 1 saturated carbocycles. The average Bonchev–Trinajstić information content (AvgIpc) is 3.72. The van der Waals surface area contributed by atoms with Crippen LogP contribution in [0.25, 0.3) is 11.3 Å². The minimum atomic E-state index is -0.101. The molecule has 6 heteroatoms. The lowest BCUT2D eigenvalue weighted by molar-refractivity contribution is -0.101. The van der Waals surface area contributed by atoms with Gasteiger partial charge in [0.2, 0.25) is 0 Å². The Labute approximate surface area is 199 Å². The molecule has 2 fully saturated rings. The lowest BCUT2D eigenvalue weighted by Gasteiger charge is -2.28. The molecule has 6 nitrogen and oxygen atoms in total. The highest BCUT2D eigenvalue weighted by atomic mass is 16.6. The van der Waals surface area contributed by atoms with Gasteiger partial charge in [0, 0.05) is 23.7 Å². The van der Waals surface area contributed by atoms with Gasteiger partial charge >= 0.3 is 0 Å². The molecule has 0 N–H and O–H groups in total. The van der Waals surface area contributed by atoms with Crippen LogP contribution in [-0.4, -0.2) is 37.1 Å². The number of aryl methyl sites for hydroxylation is 1. The summed E-state index contributed by atoms with van der Waals surface area (Å²) >= 11 is 0. The Morgan fingerprint density at radius 3 is 2.68 bits per heavy atom. The quantitative estimate of drug-likeness (QED) is 0.527. The number of hydrogen-bond acceptors (Lipinski definition) is 5. The van der Waals surface area contributed by atoms with Crippen molar-refractivity contribution in [2.24, 2.45) is 0 Å². The van der Waals surface area contributed by atoms with Gasteiger partial charge in [-0.2, -0.15) is 0 Å². The van der Waals surface area contributed by atoms with E-state index in [0.717, 1.165) is 47.4 Å². The summed E-state index contributed by atoms with van der Waals surface area (Å²) < 4.78 is 25.4. The van der Waals surface area contributed by atoms with Crippen molar-refractivity contribution in [3.63, 3.8) is 0 Å². The summed E-state index contributed by atoms with van der Waals surface area (Å²) in [5.41, 5.74) is 5.64. The van der Waals surface area contributed by atoms with Crippen LogP contribution in [0.15, 0.2) is 59.4 Å². The lowest BCUT2D eigenvalue weighted by atomic mass is 9.92. The molecular weight excluding hydrogens is 430 g/mol. The summed E-state index contributed by atoms with van der Waals surface area (Å²) in [7, 11) is 0. The predicted octanol–water partition coefficient (Wildman–Crippen LogP) is 4.32. The van der Waals surface area contributed by atoms with Gasteiger partial charge in [-0.25, -0.2) is 0 Å². The van der Waals surface area contributed by atoms with E-state index in [1.807, 2.05) is 28.8 Å². The standard InChI is InChI=1S/C28H29NO5/c30-26-15-25(34-18-23-17-31-12-13-32-23)27(20-6-7-20)28-24-9-8-22(14-21(24)10-11-29(26)28)33-16-19-4-2-1-3-5-19/h1-5,8-9,14-15,20,23H,6-7,10-13,16-18H2/t23-/m0/s1. The maximum absolute atomic E-state index is 13.1. The lowest BCUT2D eigenvalue weighted by Crippen LogP contribution is -2.34. The van der Waals surface area contributed by atoms with E-state index in [2.05, 4.69) is 24.3 Å². The monoisotopic (exact) mass is 459 g/mol. The average molecular weight is 460 g/mol. The first-order valence-corrected chi connectivity index (χ1v) is 12.2. The number of fused-ring (bicyclic) bond motifs is 3. The van der Waals surface area contributed by atoms with Crippen LogP contribution in [0.5, 0.6) is 11.5 Å². The zero-order valence-electron chi connectivity index (χ0n) is 19.2. The van der Waals surface area contributed by atoms with Crippen molar-refractivity contribution in [2.75, 3.05) is 26.4 Å². The fraction of sp³-hybridized carbons (Fsp3) is 0.393. The van der Waals surface area contributed by atoms with Crippen LogP contribution in [0.2, 0.25) is 0 Å². The molecule has 2 aromatic carbocycles. The summed E-state index contributed by atoms with van der Waals surface area (Å²) in [5, 5.41) is 0. The van der Waals surface area contributed by atoms with Crippen molar-refractivity contribution in [3.8, 4) is 22.8 Å². The zero-order chi connectivity index (χ0) is 22.9. The Bertz CT molecular complexity index is 1230. The second-order valence-corrected chi connectivity index (χ2v) is 9.26. The number of pyridine rings is 1. The molecule has 1 saturated heterocycles. The van der Waals surface area contributed by atoms with Gasteiger partial charge in [0.05, 0.1) is 25.5 Å². The van der Waals surface area contributed by atoms with Gasteiger partial charge in [-0.3, -0.25) is 4.79 Å². The molecule has 176 valence electrons. The fourth-order valence-electron chi connectivity index (χ4n) is 4.92. The van der Waals surface area contributed by atoms with E-state index >= 15 is 0 Å². The Balaban J connectivity index is 1.31. The highest BCUT2D eigenvalue weighted by Crippen LogP contribution is 2.49. The summed E-state index contributed by atoms with van der Waals surface area (Å²) in [4.78, 5) is 13.1. The van der Waals surface area contributed by atoms with E-state index in [1.54, 1.807) is 6.07 Å². The Hall–Kier alpha value is -3.09. The molecule has 2 aliphatic heterocycles. The molecule has 3 heterocycles. The molecule has 3 aromatic rings. The van der Waals surface area contributed by atoms with Crippen molar-refractivity contribution in [3.05, 3.63) is 81.6 Å². The number of ether oxygens (including phenoxy) is 4. The topological polar surface area (TPSA) is 58.9 Å². The van der Waals surface area contributed by atoms with Crippen LogP contribution >= 0.6 is 0 Å². The van der Waals surface area contributed by atoms with Gasteiger partial charge in [0.15, 0.2) is 0 Å². The molecule has 0 radical (unpaired) electrons. The van der Waals surface area contributed by atoms with Gasteiger partial charge in [-0.15, -0.1) is 0 Å². The van der Waals surface area contributed by atoms with Crippen molar-refractivity contribution in [2.45, 2.75) is 44.4 Å². The third-order valence-corrected chi connectivity index (χ3v) is 6.79. The first kappa shape index (κ1) is 21.4. The van der Waals surface area contributed by atoms with E-state index in [9.17, 15) is 4.79 Å².